The largest absolute Gasteiger partial charge is 0.481 e. The summed E-state index contributed by atoms with van der Waals surface area (Å²) in [6, 6.07) is 0. The van der Waals surface area contributed by atoms with Gasteiger partial charge in [-0.05, 0) is 74.5 Å². The van der Waals surface area contributed by atoms with E-state index in [1.807, 2.05) is 0 Å². The first-order chi connectivity index (χ1) is 8.69. The van der Waals surface area contributed by atoms with Gasteiger partial charge in [0.1, 0.15) is 0 Å². The fraction of sp³-hybridized carbons (Fsp3) is 0.938. The van der Waals surface area contributed by atoms with Crippen LogP contribution in [0.4, 0.5) is 0 Å². The molecule has 100 valence electrons. The van der Waals surface area contributed by atoms with E-state index in [-0.39, 0.29) is 5.41 Å². The monoisotopic (exact) mass is 248 g/mol. The Hall–Kier alpha value is -0.530. The summed E-state index contributed by atoms with van der Waals surface area (Å²) in [6.45, 7) is 0. The number of aliphatic carboxylic acids is 1. The molecule has 0 radical (unpaired) electrons. The second-order valence-corrected chi connectivity index (χ2v) is 7.62. The smallest absolute Gasteiger partial charge is 0.309 e. The molecule has 0 aromatic heterocycles. The second kappa shape index (κ2) is 3.74. The van der Waals surface area contributed by atoms with Gasteiger partial charge < -0.3 is 5.11 Å². The van der Waals surface area contributed by atoms with E-state index in [1.165, 1.54) is 32.1 Å². The van der Waals surface area contributed by atoms with E-state index in [0.717, 1.165) is 49.4 Å². The molecule has 0 spiro atoms. The van der Waals surface area contributed by atoms with E-state index >= 15 is 0 Å². The summed E-state index contributed by atoms with van der Waals surface area (Å²) in [4.78, 5) is 11.9. The third-order valence-corrected chi connectivity index (χ3v) is 6.79. The fourth-order valence-corrected chi connectivity index (χ4v) is 6.52. The van der Waals surface area contributed by atoms with Gasteiger partial charge >= 0.3 is 5.97 Å². The zero-order valence-electron chi connectivity index (χ0n) is 11.1. The van der Waals surface area contributed by atoms with Gasteiger partial charge in [-0.25, -0.2) is 0 Å². The fourth-order valence-electron chi connectivity index (χ4n) is 6.52. The first-order valence-corrected chi connectivity index (χ1v) is 7.92. The summed E-state index contributed by atoms with van der Waals surface area (Å²) in [6.07, 6.45) is 11.1. The highest BCUT2D eigenvalue weighted by atomic mass is 16.4. The molecule has 0 unspecified atom stereocenters. The minimum absolute atomic E-state index is 0.317. The van der Waals surface area contributed by atoms with Gasteiger partial charge in [-0.3, -0.25) is 4.79 Å². The Morgan fingerprint density at radius 2 is 1.39 bits per heavy atom. The van der Waals surface area contributed by atoms with Crippen molar-refractivity contribution in [3.63, 3.8) is 0 Å². The highest BCUT2D eigenvalue weighted by molar-refractivity contribution is 5.75. The van der Waals surface area contributed by atoms with Crippen LogP contribution < -0.4 is 0 Å². The third-order valence-electron chi connectivity index (χ3n) is 6.79. The first kappa shape index (κ1) is 11.3. The Bertz CT molecular complexity index is 339. The maximum atomic E-state index is 11.9. The number of hydrogen-bond donors (Lipinski definition) is 1. The van der Waals surface area contributed by atoms with Crippen LogP contribution in [0.2, 0.25) is 0 Å². The van der Waals surface area contributed by atoms with Crippen LogP contribution in [-0.4, -0.2) is 11.1 Å². The number of hydrogen-bond acceptors (Lipinski definition) is 1. The lowest BCUT2D eigenvalue weighted by Crippen LogP contribution is -2.53. The molecule has 5 fully saturated rings. The maximum Gasteiger partial charge on any atom is 0.309 e. The lowest BCUT2D eigenvalue weighted by atomic mass is 9.46. The van der Waals surface area contributed by atoms with Crippen molar-refractivity contribution in [1.29, 1.82) is 0 Å². The molecule has 0 aliphatic heterocycles. The van der Waals surface area contributed by atoms with Crippen LogP contribution in [0.25, 0.3) is 0 Å². The summed E-state index contributed by atoms with van der Waals surface area (Å²) >= 11 is 0. The minimum atomic E-state index is -0.461. The van der Waals surface area contributed by atoms with E-state index in [9.17, 15) is 9.90 Å². The summed E-state index contributed by atoms with van der Waals surface area (Å²) in [5, 5.41) is 9.85. The van der Waals surface area contributed by atoms with E-state index in [1.54, 1.807) is 0 Å². The zero-order chi connectivity index (χ0) is 12.3. The molecular weight excluding hydrogens is 224 g/mol. The minimum Gasteiger partial charge on any atom is -0.481 e. The van der Waals surface area contributed by atoms with Crippen LogP contribution in [0.5, 0.6) is 0 Å². The molecule has 2 nitrogen and oxygen atoms in total. The summed E-state index contributed by atoms with van der Waals surface area (Å²) in [5.74, 6) is 3.50. The molecule has 2 heteroatoms. The summed E-state index contributed by atoms with van der Waals surface area (Å²) < 4.78 is 0. The van der Waals surface area contributed by atoms with Crippen molar-refractivity contribution in [2.75, 3.05) is 0 Å². The molecule has 0 amide bonds. The van der Waals surface area contributed by atoms with Crippen molar-refractivity contribution in [3.8, 4) is 0 Å². The molecule has 18 heavy (non-hydrogen) atoms. The average Bonchev–Trinajstić information content (AvgIpc) is 2.77. The van der Waals surface area contributed by atoms with Gasteiger partial charge in [0.15, 0.2) is 0 Å². The van der Waals surface area contributed by atoms with Gasteiger partial charge in [0.05, 0.1) is 5.41 Å². The quantitative estimate of drug-likeness (QED) is 0.809. The van der Waals surface area contributed by atoms with Crippen LogP contribution in [0, 0.1) is 35.0 Å². The third kappa shape index (κ3) is 1.38. The lowest BCUT2D eigenvalue weighted by Gasteiger charge is -2.58. The number of rotatable bonds is 2. The molecular formula is C16H24O2. The van der Waals surface area contributed by atoms with Crippen LogP contribution in [0.3, 0.4) is 0 Å². The average molecular weight is 248 g/mol. The Balaban J connectivity index is 1.69. The molecule has 0 aromatic rings. The van der Waals surface area contributed by atoms with Crippen molar-refractivity contribution < 1.29 is 9.90 Å². The van der Waals surface area contributed by atoms with Crippen molar-refractivity contribution in [2.24, 2.45) is 35.0 Å². The summed E-state index contributed by atoms with van der Waals surface area (Å²) in [7, 11) is 0. The van der Waals surface area contributed by atoms with Crippen molar-refractivity contribution in [2.45, 2.75) is 57.8 Å². The molecule has 5 rings (SSSR count). The molecule has 5 saturated carbocycles. The van der Waals surface area contributed by atoms with Gasteiger partial charge in [-0.15, -0.1) is 0 Å². The van der Waals surface area contributed by atoms with Gasteiger partial charge in [0.25, 0.3) is 0 Å². The van der Waals surface area contributed by atoms with Crippen LogP contribution >= 0.6 is 0 Å². The van der Waals surface area contributed by atoms with Gasteiger partial charge in [0.2, 0.25) is 0 Å². The number of carboxylic acids is 1. The van der Waals surface area contributed by atoms with E-state index in [0.29, 0.717) is 5.92 Å². The molecule has 4 bridgehead atoms. The van der Waals surface area contributed by atoms with Gasteiger partial charge in [0, 0.05) is 0 Å². The lowest BCUT2D eigenvalue weighted by molar-refractivity contribution is -0.166. The summed E-state index contributed by atoms with van der Waals surface area (Å²) in [5.41, 5.74) is -0.317. The molecule has 1 N–H and O–H groups in total. The van der Waals surface area contributed by atoms with Crippen molar-refractivity contribution in [3.05, 3.63) is 0 Å². The normalized spacial score (nSPS) is 48.6. The topological polar surface area (TPSA) is 37.3 Å². The number of carboxylic acid groups (broad SMARTS) is 1. The van der Waals surface area contributed by atoms with Crippen molar-refractivity contribution in [1.82, 2.24) is 0 Å². The van der Waals surface area contributed by atoms with Crippen LogP contribution in [0.1, 0.15) is 57.8 Å². The first-order valence-electron chi connectivity index (χ1n) is 7.92. The Labute approximate surface area is 109 Å². The Morgan fingerprint density at radius 1 is 0.889 bits per heavy atom. The van der Waals surface area contributed by atoms with E-state index in [2.05, 4.69) is 0 Å². The van der Waals surface area contributed by atoms with Gasteiger partial charge in [-0.2, -0.15) is 0 Å². The van der Waals surface area contributed by atoms with E-state index < -0.39 is 5.97 Å². The highest BCUT2D eigenvalue weighted by Gasteiger charge is 2.59. The molecule has 0 atom stereocenters. The predicted molar refractivity (Wildman–Crippen MR) is 69.1 cm³/mol. The Kier molecular flexibility index (Phi) is 2.35. The maximum absolute atomic E-state index is 11.9. The molecule has 0 aromatic carbocycles. The zero-order valence-corrected chi connectivity index (χ0v) is 11.1. The van der Waals surface area contributed by atoms with Crippen LogP contribution in [-0.2, 0) is 4.79 Å². The predicted octanol–water partition coefficient (Wildman–Crippen LogP) is 3.70. The van der Waals surface area contributed by atoms with E-state index in [4.69, 9.17) is 0 Å². The molecule has 5 aliphatic rings. The highest BCUT2D eigenvalue weighted by Crippen LogP contribution is 2.63. The second-order valence-electron chi connectivity index (χ2n) is 7.62. The molecule has 0 saturated heterocycles. The number of carbonyl (C=O) groups is 1. The van der Waals surface area contributed by atoms with Crippen molar-refractivity contribution >= 4 is 5.97 Å². The molecule has 0 heterocycles. The Morgan fingerprint density at radius 3 is 1.83 bits per heavy atom. The standard InChI is InChI=1S/C16H24O2/c17-15(18)16(3-1-2-4-16)14-12-6-10-5-11(8-12)9-13(14)7-10/h10-14H,1-9H2,(H,17,18). The molecule has 5 aliphatic carbocycles. The SMILES string of the molecule is O=C(O)C1(C2C3CC4CC(C3)CC2C4)CCCC1. The van der Waals surface area contributed by atoms with Gasteiger partial charge in [-0.1, -0.05) is 12.8 Å². The van der Waals surface area contributed by atoms with Crippen LogP contribution in [0.15, 0.2) is 0 Å².